The van der Waals surface area contributed by atoms with Gasteiger partial charge in [0.15, 0.2) is 0 Å². The van der Waals surface area contributed by atoms with Crippen molar-refractivity contribution < 1.29 is 9.59 Å². The number of carbonyl (C=O) groups excluding carboxylic acids is 2. The van der Waals surface area contributed by atoms with Gasteiger partial charge in [0, 0.05) is 33.0 Å². The second-order valence-corrected chi connectivity index (χ2v) is 8.94. The van der Waals surface area contributed by atoms with Gasteiger partial charge in [-0.2, -0.15) is 0 Å². The molecule has 164 valence electrons. The maximum Gasteiger partial charge on any atom is 0.150 e. The third kappa shape index (κ3) is 7.94. The Morgan fingerprint density at radius 1 is 0.656 bits per heavy atom. The van der Waals surface area contributed by atoms with Gasteiger partial charge >= 0.3 is 0 Å². The average Bonchev–Trinajstić information content (AvgIpc) is 3.61. The molecule has 2 aliphatic carbocycles. The third-order valence-electron chi connectivity index (χ3n) is 5.13. The first kappa shape index (κ1) is 24.3. The highest BCUT2D eigenvalue weighted by atomic mass is 35.5. The quantitative estimate of drug-likeness (QED) is 0.349. The summed E-state index contributed by atoms with van der Waals surface area (Å²) >= 11 is 17.0. The van der Waals surface area contributed by atoms with Crippen LogP contribution >= 0.6 is 34.8 Å². The molecular weight excluding hydrogens is 463 g/mol. The number of ketones is 1. The summed E-state index contributed by atoms with van der Waals surface area (Å²) in [5.41, 5.74) is 4.57. The van der Waals surface area contributed by atoms with E-state index in [0.717, 1.165) is 34.7 Å². The van der Waals surface area contributed by atoms with Gasteiger partial charge in [-0.1, -0.05) is 82.9 Å². The molecule has 1 atom stereocenters. The number of allylic oxidation sites excluding steroid dienone is 1. The van der Waals surface area contributed by atoms with E-state index in [0.29, 0.717) is 16.4 Å². The maximum atomic E-state index is 11.1. The minimum Gasteiger partial charge on any atom is -0.299 e. The van der Waals surface area contributed by atoms with E-state index in [1.165, 1.54) is 18.4 Å². The van der Waals surface area contributed by atoms with E-state index in [1.54, 1.807) is 29.8 Å². The Kier molecular flexibility index (Phi) is 9.11. The molecule has 2 aliphatic rings. The highest BCUT2D eigenvalue weighted by molar-refractivity contribution is 6.31. The van der Waals surface area contributed by atoms with Crippen molar-refractivity contribution in [1.82, 2.24) is 0 Å². The second-order valence-electron chi connectivity index (χ2n) is 7.63. The lowest BCUT2D eigenvalue weighted by Gasteiger charge is -2.23. The number of Topliss-reactive ketones (excluding diaryl/α,β-unsaturated/α-hetero) is 1. The van der Waals surface area contributed by atoms with E-state index in [2.05, 4.69) is 6.08 Å². The summed E-state index contributed by atoms with van der Waals surface area (Å²) in [4.78, 5) is 21.2. The first-order chi connectivity index (χ1) is 15.4. The largest absolute Gasteiger partial charge is 0.299 e. The topological polar surface area (TPSA) is 34.1 Å². The zero-order valence-electron chi connectivity index (χ0n) is 17.4. The van der Waals surface area contributed by atoms with Gasteiger partial charge in [-0.3, -0.25) is 9.59 Å². The van der Waals surface area contributed by atoms with Gasteiger partial charge in [0.1, 0.15) is 12.1 Å². The molecule has 2 nitrogen and oxygen atoms in total. The smallest absolute Gasteiger partial charge is 0.150 e. The minimum atomic E-state index is 0.155. The van der Waals surface area contributed by atoms with E-state index in [4.69, 9.17) is 34.8 Å². The number of carbonyl (C=O) groups is 2. The summed E-state index contributed by atoms with van der Waals surface area (Å²) in [7, 11) is 0. The first-order valence-corrected chi connectivity index (χ1v) is 11.5. The molecule has 0 aromatic heterocycles. The Labute approximate surface area is 203 Å². The molecule has 0 saturated heterocycles. The molecule has 0 radical (unpaired) electrons. The molecule has 0 heterocycles. The van der Waals surface area contributed by atoms with Gasteiger partial charge in [-0.25, -0.2) is 0 Å². The lowest BCUT2D eigenvalue weighted by atomic mass is 9.79. The Morgan fingerprint density at radius 2 is 1.12 bits per heavy atom. The normalized spacial score (nSPS) is 15.9. The third-order valence-corrected chi connectivity index (χ3v) is 5.88. The number of hydrogen-bond acceptors (Lipinski definition) is 2. The van der Waals surface area contributed by atoms with Gasteiger partial charge in [-0.05, 0) is 66.8 Å². The predicted molar refractivity (Wildman–Crippen MR) is 134 cm³/mol. The van der Waals surface area contributed by atoms with Crippen LogP contribution in [0.1, 0.15) is 53.1 Å². The summed E-state index contributed by atoms with van der Waals surface area (Å²) in [6.45, 7) is 0. The van der Waals surface area contributed by atoms with E-state index < -0.39 is 0 Å². The molecule has 5 heteroatoms. The molecule has 1 unspecified atom stereocenters. The van der Waals surface area contributed by atoms with Crippen molar-refractivity contribution in [2.45, 2.75) is 31.6 Å². The Hall–Kier alpha value is -2.39. The van der Waals surface area contributed by atoms with Crippen molar-refractivity contribution in [2.24, 2.45) is 0 Å². The van der Waals surface area contributed by atoms with E-state index in [-0.39, 0.29) is 5.92 Å². The van der Waals surface area contributed by atoms with Gasteiger partial charge < -0.3 is 0 Å². The van der Waals surface area contributed by atoms with Crippen molar-refractivity contribution in [3.05, 3.63) is 110 Å². The Balaban J connectivity index is 0.000000137. The number of benzene rings is 3. The second kappa shape index (κ2) is 12.0. The van der Waals surface area contributed by atoms with Crippen LogP contribution in [0.2, 0.25) is 15.1 Å². The standard InChI is InChI=1S/C10H9ClO.C10H9Cl.C7H5ClO/c11-8-3-1-7(2-4-8)9-5-6-10(9)12;11-10-5-3-9(4-6-10)7-8-1-2-8;8-7-3-1-6(5-9)2-4-7/h1-4,9H,5-6H2;3-7H,1-2H2;1-5H. The monoisotopic (exact) mass is 484 g/mol. The minimum absolute atomic E-state index is 0.155. The average molecular weight is 486 g/mol. The Bertz CT molecular complexity index is 1060. The van der Waals surface area contributed by atoms with Crippen LogP contribution in [0.25, 0.3) is 6.08 Å². The van der Waals surface area contributed by atoms with Crippen LogP contribution in [0.3, 0.4) is 0 Å². The van der Waals surface area contributed by atoms with Crippen molar-refractivity contribution in [3.8, 4) is 0 Å². The number of halogens is 3. The summed E-state index contributed by atoms with van der Waals surface area (Å²) in [5.74, 6) is 0.514. The lowest BCUT2D eigenvalue weighted by Crippen LogP contribution is -2.22. The zero-order chi connectivity index (χ0) is 22.9. The van der Waals surface area contributed by atoms with Crippen molar-refractivity contribution in [2.75, 3.05) is 0 Å². The van der Waals surface area contributed by atoms with Crippen LogP contribution < -0.4 is 0 Å². The molecular formula is C27H23Cl3O2. The van der Waals surface area contributed by atoms with E-state index in [1.807, 2.05) is 48.5 Å². The maximum absolute atomic E-state index is 11.1. The molecule has 0 N–H and O–H groups in total. The lowest BCUT2D eigenvalue weighted by molar-refractivity contribution is -0.125. The summed E-state index contributed by atoms with van der Waals surface area (Å²) in [6.07, 6.45) is 7.33. The number of rotatable bonds is 3. The van der Waals surface area contributed by atoms with Gasteiger partial charge in [-0.15, -0.1) is 0 Å². The summed E-state index contributed by atoms with van der Waals surface area (Å²) in [6, 6.07) is 22.2. The predicted octanol–water partition coefficient (Wildman–Crippen LogP) is 8.46. The van der Waals surface area contributed by atoms with Gasteiger partial charge in [0.25, 0.3) is 0 Å². The van der Waals surface area contributed by atoms with Crippen LogP contribution in [0.4, 0.5) is 0 Å². The molecule has 32 heavy (non-hydrogen) atoms. The van der Waals surface area contributed by atoms with Crippen molar-refractivity contribution >= 4 is 52.9 Å². The van der Waals surface area contributed by atoms with Crippen molar-refractivity contribution in [1.29, 1.82) is 0 Å². The van der Waals surface area contributed by atoms with Crippen LogP contribution in [0.15, 0.2) is 78.4 Å². The van der Waals surface area contributed by atoms with E-state index >= 15 is 0 Å². The molecule has 3 aromatic carbocycles. The zero-order valence-corrected chi connectivity index (χ0v) is 19.7. The molecule has 3 aromatic rings. The van der Waals surface area contributed by atoms with Crippen LogP contribution in [-0.4, -0.2) is 12.1 Å². The fraction of sp³-hybridized carbons (Fsp3) is 0.185. The van der Waals surface area contributed by atoms with Crippen LogP contribution in [0, 0.1) is 0 Å². The molecule has 2 saturated carbocycles. The number of hydrogen-bond donors (Lipinski definition) is 0. The molecule has 2 fully saturated rings. The van der Waals surface area contributed by atoms with Gasteiger partial charge in [0.2, 0.25) is 0 Å². The van der Waals surface area contributed by atoms with Crippen LogP contribution in [-0.2, 0) is 4.79 Å². The molecule has 0 spiro atoms. The molecule has 0 aliphatic heterocycles. The van der Waals surface area contributed by atoms with Crippen molar-refractivity contribution in [3.63, 3.8) is 0 Å². The highest BCUT2D eigenvalue weighted by Gasteiger charge is 2.29. The first-order valence-electron chi connectivity index (χ1n) is 10.4. The highest BCUT2D eigenvalue weighted by Crippen LogP contribution is 2.33. The molecule has 0 bridgehead atoms. The summed E-state index contributed by atoms with van der Waals surface area (Å²) < 4.78 is 0. The van der Waals surface area contributed by atoms with E-state index in [9.17, 15) is 9.59 Å². The number of aldehydes is 1. The SMILES string of the molecule is Clc1ccc(C=C2CC2)cc1.O=C1CCC1c1ccc(Cl)cc1.O=Cc1ccc(Cl)cc1. The van der Waals surface area contributed by atoms with Gasteiger partial charge in [0.05, 0.1) is 0 Å². The Morgan fingerprint density at radius 3 is 1.50 bits per heavy atom. The molecule has 5 rings (SSSR count). The summed E-state index contributed by atoms with van der Waals surface area (Å²) in [5, 5.41) is 2.19. The van der Waals surface area contributed by atoms with Crippen LogP contribution in [0.5, 0.6) is 0 Å². The molecule has 0 amide bonds. The fourth-order valence-corrected chi connectivity index (χ4v) is 3.38. The fourth-order valence-electron chi connectivity index (χ4n) is 3.01.